The number of hydrogen-bond donors (Lipinski definition) is 5. The molecule has 2 aromatic rings. The number of hydrogen-bond acceptors (Lipinski definition) is 8. The molecule has 0 unspecified atom stereocenters. The van der Waals surface area contributed by atoms with E-state index < -0.39 is 31.1 Å². The molecule has 0 amide bonds. The first-order valence-electron chi connectivity index (χ1n) is 5.85. The van der Waals surface area contributed by atoms with Crippen LogP contribution in [0.25, 0.3) is 11.2 Å². The minimum atomic E-state index is -1.21. The summed E-state index contributed by atoms with van der Waals surface area (Å²) >= 11 is 5.78. The van der Waals surface area contributed by atoms with Crippen molar-refractivity contribution in [3.63, 3.8) is 0 Å². The van der Waals surface area contributed by atoms with Crippen LogP contribution >= 0.6 is 11.6 Å². The summed E-state index contributed by atoms with van der Waals surface area (Å²) in [7, 11) is 0. The molecule has 0 aliphatic carbocycles. The monoisotopic (exact) mass is 301 g/mol. The smallest absolute Gasteiger partial charge is 0.226 e. The molecular formula is C10H12ClN5O4. The Hall–Kier alpha value is -1.52. The number of anilines is 1. The maximum atomic E-state index is 9.86. The highest BCUT2D eigenvalue weighted by atomic mass is 35.5. The molecule has 4 atom stereocenters. The molecule has 0 radical (unpaired) electrons. The fourth-order valence-corrected chi connectivity index (χ4v) is 2.23. The van der Waals surface area contributed by atoms with Crippen molar-refractivity contribution in [2.24, 2.45) is 0 Å². The van der Waals surface area contributed by atoms with Crippen LogP contribution in [0.4, 0.5) is 5.82 Å². The van der Waals surface area contributed by atoms with Gasteiger partial charge in [-0.3, -0.25) is 0 Å². The number of halogens is 1. The molecule has 1 aliphatic heterocycles. The van der Waals surface area contributed by atoms with Crippen LogP contribution in [-0.2, 0) is 4.74 Å². The summed E-state index contributed by atoms with van der Waals surface area (Å²) in [5, 5.41) is 31.4. The Bertz CT molecular complexity index is 623. The van der Waals surface area contributed by atoms with Crippen molar-refractivity contribution in [2.75, 3.05) is 11.9 Å². The maximum Gasteiger partial charge on any atom is 0.226 e. The lowest BCUT2D eigenvalue weighted by Gasteiger charge is -2.17. The standard InChI is InChI=1S/C10H12ClN5O4/c11-10-15-7-4(12-2-13-7)8(16-10)14-9-6(19)5(18)3(1-17)20-9/h2-3,5-6,9,17-19H,1H2,(H2,12,13,14,15,16)/t3-,5+,6-,9-/m1/s1. The second-order valence-electron chi connectivity index (χ2n) is 4.35. The summed E-state index contributed by atoms with van der Waals surface area (Å²) in [5.41, 5.74) is 0.853. The third-order valence-electron chi connectivity index (χ3n) is 3.08. The Kier molecular flexibility index (Phi) is 3.44. The molecule has 3 heterocycles. The summed E-state index contributed by atoms with van der Waals surface area (Å²) in [6.07, 6.45) is -2.76. The second kappa shape index (κ2) is 5.11. The van der Waals surface area contributed by atoms with Gasteiger partial charge in [0.2, 0.25) is 5.28 Å². The van der Waals surface area contributed by atoms with Crippen LogP contribution in [0.1, 0.15) is 0 Å². The van der Waals surface area contributed by atoms with E-state index in [1.165, 1.54) is 6.33 Å². The summed E-state index contributed by atoms with van der Waals surface area (Å²) in [6, 6.07) is 0. The third kappa shape index (κ3) is 2.19. The zero-order valence-corrected chi connectivity index (χ0v) is 10.8. The molecule has 1 aliphatic rings. The molecule has 0 aromatic carbocycles. The van der Waals surface area contributed by atoms with Gasteiger partial charge in [-0.1, -0.05) is 0 Å². The average Bonchev–Trinajstić information content (AvgIpc) is 2.98. The Morgan fingerprint density at radius 3 is 2.85 bits per heavy atom. The van der Waals surface area contributed by atoms with Gasteiger partial charge in [0, 0.05) is 0 Å². The molecule has 9 nitrogen and oxygen atoms in total. The summed E-state index contributed by atoms with van der Waals surface area (Å²) in [6.45, 7) is -0.402. The number of fused-ring (bicyclic) bond motifs is 1. The number of aromatic amines is 1. The van der Waals surface area contributed by atoms with Crippen molar-refractivity contribution in [1.82, 2.24) is 19.9 Å². The first kappa shape index (κ1) is 13.5. The van der Waals surface area contributed by atoms with Crippen molar-refractivity contribution in [2.45, 2.75) is 24.5 Å². The van der Waals surface area contributed by atoms with Gasteiger partial charge in [-0.25, -0.2) is 4.98 Å². The van der Waals surface area contributed by atoms with E-state index in [1.807, 2.05) is 0 Å². The van der Waals surface area contributed by atoms with E-state index in [2.05, 4.69) is 25.3 Å². The van der Waals surface area contributed by atoms with Crippen molar-refractivity contribution >= 4 is 28.6 Å². The minimum Gasteiger partial charge on any atom is -0.394 e. The van der Waals surface area contributed by atoms with Crippen molar-refractivity contribution in [1.29, 1.82) is 0 Å². The first-order chi connectivity index (χ1) is 9.60. The Labute approximate surface area is 117 Å². The lowest BCUT2D eigenvalue weighted by atomic mass is 10.1. The fourth-order valence-electron chi connectivity index (χ4n) is 2.06. The largest absolute Gasteiger partial charge is 0.394 e. The van der Waals surface area contributed by atoms with E-state index in [4.69, 9.17) is 21.4 Å². The van der Waals surface area contributed by atoms with Crippen LogP contribution in [0, 0.1) is 0 Å². The number of nitrogens with one attached hydrogen (secondary N) is 2. The Morgan fingerprint density at radius 2 is 2.15 bits per heavy atom. The zero-order valence-electron chi connectivity index (χ0n) is 10.1. The van der Waals surface area contributed by atoms with E-state index in [0.717, 1.165) is 0 Å². The average molecular weight is 302 g/mol. The van der Waals surface area contributed by atoms with E-state index in [9.17, 15) is 10.2 Å². The van der Waals surface area contributed by atoms with Gasteiger partial charge in [0.05, 0.1) is 12.9 Å². The lowest BCUT2D eigenvalue weighted by molar-refractivity contribution is -0.0153. The van der Waals surface area contributed by atoms with Crippen LogP contribution in [0.2, 0.25) is 5.28 Å². The van der Waals surface area contributed by atoms with Gasteiger partial charge in [0.25, 0.3) is 0 Å². The number of aromatic nitrogens is 4. The topological polar surface area (TPSA) is 136 Å². The molecule has 0 spiro atoms. The fraction of sp³-hybridized carbons (Fsp3) is 0.500. The highest BCUT2D eigenvalue weighted by Gasteiger charge is 2.42. The minimum absolute atomic E-state index is 0.0150. The van der Waals surface area contributed by atoms with E-state index in [0.29, 0.717) is 11.2 Å². The molecule has 10 heteroatoms. The van der Waals surface area contributed by atoms with Crippen molar-refractivity contribution in [3.8, 4) is 0 Å². The van der Waals surface area contributed by atoms with Crippen LogP contribution in [0.5, 0.6) is 0 Å². The number of aliphatic hydroxyl groups is 3. The third-order valence-corrected chi connectivity index (χ3v) is 3.25. The van der Waals surface area contributed by atoms with Crippen LogP contribution in [0.3, 0.4) is 0 Å². The van der Waals surface area contributed by atoms with Gasteiger partial charge >= 0.3 is 0 Å². The molecule has 20 heavy (non-hydrogen) atoms. The zero-order chi connectivity index (χ0) is 14.3. The molecular weight excluding hydrogens is 290 g/mol. The predicted molar refractivity (Wildman–Crippen MR) is 68.1 cm³/mol. The van der Waals surface area contributed by atoms with E-state index in [-0.39, 0.29) is 11.1 Å². The number of aliphatic hydroxyl groups excluding tert-OH is 3. The first-order valence-corrected chi connectivity index (χ1v) is 6.23. The Morgan fingerprint density at radius 1 is 1.35 bits per heavy atom. The number of nitrogens with zero attached hydrogens (tertiary/aromatic N) is 3. The highest BCUT2D eigenvalue weighted by Crippen LogP contribution is 2.25. The van der Waals surface area contributed by atoms with Gasteiger partial charge in [0.15, 0.2) is 17.7 Å². The number of H-pyrrole nitrogens is 1. The number of imidazole rings is 1. The van der Waals surface area contributed by atoms with Crippen LogP contribution in [-0.4, -0.2) is 66.4 Å². The molecule has 3 rings (SSSR count). The highest BCUT2D eigenvalue weighted by molar-refractivity contribution is 6.28. The summed E-state index contributed by atoms with van der Waals surface area (Å²) < 4.78 is 5.31. The van der Waals surface area contributed by atoms with Gasteiger partial charge in [-0.05, 0) is 11.6 Å². The lowest BCUT2D eigenvalue weighted by Crippen LogP contribution is -2.36. The molecule has 5 N–H and O–H groups in total. The van der Waals surface area contributed by atoms with Gasteiger partial charge < -0.3 is 30.4 Å². The SMILES string of the molecule is OC[C@H]1O[C@@H](Nc2nc(Cl)nc3nc[nH]c23)[C@H](O)[C@H]1O. The molecule has 0 bridgehead atoms. The predicted octanol–water partition coefficient (Wildman–Crippen LogP) is -1.14. The molecule has 1 saturated heterocycles. The second-order valence-corrected chi connectivity index (χ2v) is 4.68. The van der Waals surface area contributed by atoms with Crippen molar-refractivity contribution < 1.29 is 20.1 Å². The van der Waals surface area contributed by atoms with Gasteiger partial charge in [-0.2, -0.15) is 9.97 Å². The van der Waals surface area contributed by atoms with Gasteiger partial charge in [0.1, 0.15) is 23.8 Å². The maximum absolute atomic E-state index is 9.86. The molecule has 1 fully saturated rings. The number of rotatable bonds is 3. The van der Waals surface area contributed by atoms with Crippen LogP contribution in [0.15, 0.2) is 6.33 Å². The number of ether oxygens (including phenoxy) is 1. The van der Waals surface area contributed by atoms with Gasteiger partial charge in [-0.15, -0.1) is 0 Å². The molecule has 108 valence electrons. The summed E-state index contributed by atoms with van der Waals surface area (Å²) in [5.74, 6) is 0.285. The van der Waals surface area contributed by atoms with Crippen molar-refractivity contribution in [3.05, 3.63) is 11.6 Å². The molecule has 0 saturated carbocycles. The van der Waals surface area contributed by atoms with E-state index in [1.54, 1.807) is 0 Å². The van der Waals surface area contributed by atoms with Crippen LogP contribution < -0.4 is 5.32 Å². The Balaban J connectivity index is 1.88. The van der Waals surface area contributed by atoms with E-state index >= 15 is 0 Å². The normalized spacial score (nSPS) is 30.0. The quantitative estimate of drug-likeness (QED) is 0.449. The molecule has 2 aromatic heterocycles. The summed E-state index contributed by atoms with van der Waals surface area (Å²) in [4.78, 5) is 14.7.